The summed E-state index contributed by atoms with van der Waals surface area (Å²) in [5, 5.41) is 8.28. The van der Waals surface area contributed by atoms with Crippen molar-refractivity contribution in [2.24, 2.45) is 4.99 Å². The fourth-order valence-corrected chi connectivity index (χ4v) is 4.10. The highest BCUT2D eigenvalue weighted by Gasteiger charge is 2.14. The van der Waals surface area contributed by atoms with Gasteiger partial charge >= 0.3 is 0 Å². The Morgan fingerprint density at radius 3 is 2.79 bits per heavy atom. The van der Waals surface area contributed by atoms with E-state index in [9.17, 15) is 0 Å². The SMILES string of the molecule is CN=C(NCCc1c[nH]c2ccccc12)NC(C)c1cccc(N2CCCC2)c1. The molecule has 29 heavy (non-hydrogen) atoms. The number of H-pyrrole nitrogens is 1. The molecule has 3 N–H and O–H groups in total. The zero-order valence-electron chi connectivity index (χ0n) is 17.4. The van der Waals surface area contributed by atoms with E-state index in [0.29, 0.717) is 0 Å². The molecule has 5 heteroatoms. The summed E-state index contributed by atoms with van der Waals surface area (Å²) >= 11 is 0. The molecular formula is C24H31N5. The molecule has 1 fully saturated rings. The van der Waals surface area contributed by atoms with Crippen LogP contribution in [0.3, 0.4) is 0 Å². The number of aromatic nitrogens is 1. The maximum Gasteiger partial charge on any atom is 0.191 e. The second-order valence-corrected chi connectivity index (χ2v) is 7.76. The van der Waals surface area contributed by atoms with Crippen molar-refractivity contribution in [1.29, 1.82) is 0 Å². The maximum atomic E-state index is 4.41. The van der Waals surface area contributed by atoms with Crippen LogP contribution in [0.2, 0.25) is 0 Å². The molecule has 5 nitrogen and oxygen atoms in total. The van der Waals surface area contributed by atoms with Crippen molar-refractivity contribution in [1.82, 2.24) is 15.6 Å². The van der Waals surface area contributed by atoms with Gasteiger partial charge in [0, 0.05) is 49.5 Å². The standard InChI is InChI=1S/C24H31N5/c1-18(19-8-7-9-21(16-19)29-14-5-6-15-29)28-24(25-2)26-13-12-20-17-27-23-11-4-3-10-22(20)23/h3-4,7-11,16-18,27H,5-6,12-15H2,1-2H3,(H2,25,26,28). The Kier molecular flexibility index (Phi) is 6.03. The number of aromatic amines is 1. The molecule has 3 aromatic rings. The van der Waals surface area contributed by atoms with Gasteiger partial charge in [0.1, 0.15) is 0 Å². The minimum atomic E-state index is 0.192. The Morgan fingerprint density at radius 2 is 1.97 bits per heavy atom. The number of fused-ring (bicyclic) bond motifs is 1. The first-order chi connectivity index (χ1) is 14.2. The van der Waals surface area contributed by atoms with Crippen LogP contribution in [0.25, 0.3) is 10.9 Å². The number of guanidine groups is 1. The number of hydrogen-bond donors (Lipinski definition) is 3. The molecule has 1 aliphatic heterocycles. The Bertz CT molecular complexity index is 968. The molecule has 0 aliphatic carbocycles. The lowest BCUT2D eigenvalue weighted by molar-refractivity contribution is 0.684. The summed E-state index contributed by atoms with van der Waals surface area (Å²) in [5.74, 6) is 0.837. The Balaban J connectivity index is 1.33. The van der Waals surface area contributed by atoms with Gasteiger partial charge in [-0.3, -0.25) is 4.99 Å². The molecule has 2 aromatic carbocycles. The summed E-state index contributed by atoms with van der Waals surface area (Å²) in [7, 11) is 1.83. The van der Waals surface area contributed by atoms with Gasteiger partial charge in [-0.2, -0.15) is 0 Å². The third-order valence-electron chi connectivity index (χ3n) is 5.78. The van der Waals surface area contributed by atoms with Crippen molar-refractivity contribution in [3.05, 3.63) is 65.9 Å². The number of benzene rings is 2. The molecule has 0 spiro atoms. The van der Waals surface area contributed by atoms with E-state index in [0.717, 1.165) is 18.9 Å². The minimum Gasteiger partial charge on any atom is -0.372 e. The van der Waals surface area contributed by atoms with Crippen LogP contribution >= 0.6 is 0 Å². The van der Waals surface area contributed by atoms with Crippen LogP contribution in [0, 0.1) is 0 Å². The third kappa shape index (κ3) is 4.56. The fourth-order valence-electron chi connectivity index (χ4n) is 4.10. The largest absolute Gasteiger partial charge is 0.372 e. The zero-order valence-corrected chi connectivity index (χ0v) is 17.4. The van der Waals surface area contributed by atoms with Gasteiger partial charge in [0.05, 0.1) is 6.04 Å². The molecule has 0 radical (unpaired) electrons. The van der Waals surface area contributed by atoms with E-state index < -0.39 is 0 Å². The van der Waals surface area contributed by atoms with E-state index in [1.54, 1.807) is 0 Å². The number of rotatable bonds is 6. The van der Waals surface area contributed by atoms with Gasteiger partial charge in [0.15, 0.2) is 5.96 Å². The maximum absolute atomic E-state index is 4.41. The van der Waals surface area contributed by atoms with Crippen LogP contribution < -0.4 is 15.5 Å². The van der Waals surface area contributed by atoms with Crippen LogP contribution in [0.5, 0.6) is 0 Å². The average Bonchev–Trinajstić information content (AvgIpc) is 3.43. The first kappa shape index (κ1) is 19.4. The molecule has 2 heterocycles. The van der Waals surface area contributed by atoms with E-state index >= 15 is 0 Å². The van der Waals surface area contributed by atoms with E-state index in [4.69, 9.17) is 0 Å². The van der Waals surface area contributed by atoms with Gasteiger partial charge in [-0.05, 0) is 55.5 Å². The Hall–Kier alpha value is -2.95. The summed E-state index contributed by atoms with van der Waals surface area (Å²) in [6.45, 7) is 5.36. The van der Waals surface area contributed by atoms with Crippen molar-refractivity contribution < 1.29 is 0 Å². The first-order valence-electron chi connectivity index (χ1n) is 10.6. The van der Waals surface area contributed by atoms with Crippen LogP contribution in [0.15, 0.2) is 59.7 Å². The summed E-state index contributed by atoms with van der Waals surface area (Å²) in [4.78, 5) is 10.2. The van der Waals surface area contributed by atoms with Gasteiger partial charge in [0.2, 0.25) is 0 Å². The highest BCUT2D eigenvalue weighted by molar-refractivity contribution is 5.83. The van der Waals surface area contributed by atoms with Crippen LogP contribution in [0.1, 0.15) is 36.9 Å². The van der Waals surface area contributed by atoms with E-state index in [1.165, 1.54) is 53.6 Å². The van der Waals surface area contributed by atoms with Gasteiger partial charge in [-0.15, -0.1) is 0 Å². The molecule has 4 rings (SSSR count). The molecule has 1 aromatic heterocycles. The van der Waals surface area contributed by atoms with Gasteiger partial charge < -0.3 is 20.5 Å². The summed E-state index contributed by atoms with van der Waals surface area (Å²) in [6, 6.07) is 17.5. The lowest BCUT2D eigenvalue weighted by Gasteiger charge is -2.22. The second kappa shape index (κ2) is 9.03. The molecule has 1 atom stereocenters. The zero-order chi connectivity index (χ0) is 20.1. The summed E-state index contributed by atoms with van der Waals surface area (Å²) in [5.41, 5.74) is 5.14. The molecule has 1 aliphatic rings. The predicted octanol–water partition coefficient (Wildman–Crippen LogP) is 4.24. The molecule has 0 saturated carbocycles. The van der Waals surface area contributed by atoms with Crippen molar-refractivity contribution in [3.63, 3.8) is 0 Å². The number of anilines is 1. The van der Waals surface area contributed by atoms with Crippen LogP contribution in [-0.2, 0) is 6.42 Å². The molecular weight excluding hydrogens is 358 g/mol. The van der Waals surface area contributed by atoms with Crippen LogP contribution in [-0.4, -0.2) is 37.6 Å². The summed E-state index contributed by atoms with van der Waals surface area (Å²) in [6.07, 6.45) is 5.65. The van der Waals surface area contributed by atoms with E-state index in [2.05, 4.69) is 87.2 Å². The van der Waals surface area contributed by atoms with Crippen molar-refractivity contribution in [3.8, 4) is 0 Å². The molecule has 0 amide bonds. The van der Waals surface area contributed by atoms with E-state index in [1.807, 2.05) is 7.05 Å². The third-order valence-corrected chi connectivity index (χ3v) is 5.78. The van der Waals surface area contributed by atoms with Gasteiger partial charge in [-0.1, -0.05) is 30.3 Å². The smallest absolute Gasteiger partial charge is 0.191 e. The molecule has 152 valence electrons. The van der Waals surface area contributed by atoms with Crippen molar-refractivity contribution >= 4 is 22.5 Å². The highest BCUT2D eigenvalue weighted by Crippen LogP contribution is 2.24. The molecule has 1 unspecified atom stereocenters. The van der Waals surface area contributed by atoms with E-state index in [-0.39, 0.29) is 6.04 Å². The Morgan fingerprint density at radius 1 is 1.14 bits per heavy atom. The number of hydrogen-bond acceptors (Lipinski definition) is 2. The normalized spacial score (nSPS) is 15.7. The van der Waals surface area contributed by atoms with Gasteiger partial charge in [-0.25, -0.2) is 0 Å². The van der Waals surface area contributed by atoms with Gasteiger partial charge in [0.25, 0.3) is 0 Å². The number of nitrogens with one attached hydrogen (secondary N) is 3. The second-order valence-electron chi connectivity index (χ2n) is 7.76. The first-order valence-corrected chi connectivity index (χ1v) is 10.6. The van der Waals surface area contributed by atoms with Crippen molar-refractivity contribution in [2.75, 3.05) is 31.6 Å². The minimum absolute atomic E-state index is 0.192. The number of nitrogens with zero attached hydrogens (tertiary/aromatic N) is 2. The number of para-hydroxylation sites is 1. The quantitative estimate of drug-likeness (QED) is 0.437. The lowest BCUT2D eigenvalue weighted by Crippen LogP contribution is -2.39. The lowest BCUT2D eigenvalue weighted by atomic mass is 10.1. The average molecular weight is 390 g/mol. The van der Waals surface area contributed by atoms with Crippen LogP contribution in [0.4, 0.5) is 5.69 Å². The monoisotopic (exact) mass is 389 g/mol. The number of aliphatic imine (C=N–C) groups is 1. The topological polar surface area (TPSA) is 55.5 Å². The predicted molar refractivity (Wildman–Crippen MR) is 123 cm³/mol. The summed E-state index contributed by atoms with van der Waals surface area (Å²) < 4.78 is 0. The molecule has 0 bridgehead atoms. The Labute approximate surface area is 173 Å². The highest BCUT2D eigenvalue weighted by atomic mass is 15.2. The molecule has 1 saturated heterocycles. The fraction of sp³-hybridized carbons (Fsp3) is 0.375. The van der Waals surface area contributed by atoms with Crippen molar-refractivity contribution in [2.45, 2.75) is 32.2 Å².